The van der Waals surface area contributed by atoms with Gasteiger partial charge in [-0.3, -0.25) is 4.90 Å². The fourth-order valence-corrected chi connectivity index (χ4v) is 4.55. The molecule has 0 spiro atoms. The van der Waals surface area contributed by atoms with Gasteiger partial charge in [0.05, 0.1) is 5.69 Å². The quantitative estimate of drug-likeness (QED) is 0.296. The number of phenols is 2. The van der Waals surface area contributed by atoms with E-state index in [0.717, 1.165) is 45.6 Å². The molecule has 5 nitrogen and oxygen atoms in total. The van der Waals surface area contributed by atoms with E-state index in [1.54, 1.807) is 24.3 Å². The van der Waals surface area contributed by atoms with Crippen LogP contribution in [0.5, 0.6) is 17.2 Å². The topological polar surface area (TPSA) is 65.0 Å². The molecule has 1 fully saturated rings. The highest BCUT2D eigenvalue weighted by Crippen LogP contribution is 2.35. The predicted octanol–water partition coefficient (Wildman–Crippen LogP) is 6.53. The summed E-state index contributed by atoms with van der Waals surface area (Å²) in [6, 6.07) is 24.8. The second kappa shape index (κ2) is 10.1. The minimum Gasteiger partial charge on any atom is -0.508 e. The third kappa shape index (κ3) is 5.26. The SMILES string of the molecule is Oc1ccc(-c2ccc3cc(O)ccc3c2)c(Nc2ccc(OCCN3CCCCC3)cc2)c1. The highest BCUT2D eigenvalue weighted by atomic mass is 16.5. The lowest BCUT2D eigenvalue weighted by Gasteiger charge is -2.26. The molecule has 4 aromatic carbocycles. The lowest BCUT2D eigenvalue weighted by molar-refractivity contribution is 0.183. The van der Waals surface area contributed by atoms with Gasteiger partial charge in [0.15, 0.2) is 0 Å². The summed E-state index contributed by atoms with van der Waals surface area (Å²) in [4.78, 5) is 2.47. The molecule has 34 heavy (non-hydrogen) atoms. The zero-order valence-corrected chi connectivity index (χ0v) is 19.2. The Morgan fingerprint density at radius 2 is 1.44 bits per heavy atom. The number of nitrogens with zero attached hydrogens (tertiary/aromatic N) is 1. The summed E-state index contributed by atoms with van der Waals surface area (Å²) in [7, 11) is 0. The van der Waals surface area contributed by atoms with Gasteiger partial charge in [-0.2, -0.15) is 0 Å². The molecule has 0 atom stereocenters. The maximum absolute atomic E-state index is 10.1. The van der Waals surface area contributed by atoms with Crippen molar-refractivity contribution in [2.75, 3.05) is 31.6 Å². The first-order valence-corrected chi connectivity index (χ1v) is 11.9. The van der Waals surface area contributed by atoms with E-state index in [0.29, 0.717) is 6.61 Å². The molecular weight excluding hydrogens is 424 g/mol. The summed E-state index contributed by atoms with van der Waals surface area (Å²) in [6.45, 7) is 4.03. The van der Waals surface area contributed by atoms with E-state index in [1.165, 1.54) is 32.4 Å². The largest absolute Gasteiger partial charge is 0.508 e. The van der Waals surface area contributed by atoms with Crippen LogP contribution in [0.4, 0.5) is 11.4 Å². The van der Waals surface area contributed by atoms with Crippen LogP contribution in [0.3, 0.4) is 0 Å². The van der Waals surface area contributed by atoms with Crippen LogP contribution in [0.25, 0.3) is 21.9 Å². The maximum atomic E-state index is 10.1. The van der Waals surface area contributed by atoms with Crippen molar-refractivity contribution in [1.82, 2.24) is 4.90 Å². The number of piperidine rings is 1. The summed E-state index contributed by atoms with van der Waals surface area (Å²) < 4.78 is 5.95. The normalized spacial score (nSPS) is 14.2. The number of benzene rings is 4. The fourth-order valence-electron chi connectivity index (χ4n) is 4.55. The second-order valence-electron chi connectivity index (χ2n) is 8.88. The molecular formula is C29H30N2O3. The van der Waals surface area contributed by atoms with Crippen molar-refractivity contribution in [3.8, 4) is 28.4 Å². The molecule has 5 heteroatoms. The van der Waals surface area contributed by atoms with Crippen LogP contribution in [0, 0.1) is 0 Å². The van der Waals surface area contributed by atoms with Crippen molar-refractivity contribution in [2.24, 2.45) is 0 Å². The Kier molecular flexibility index (Phi) is 6.54. The first-order valence-electron chi connectivity index (χ1n) is 11.9. The molecule has 0 saturated carbocycles. The Bertz CT molecular complexity index is 1260. The second-order valence-corrected chi connectivity index (χ2v) is 8.88. The van der Waals surface area contributed by atoms with E-state index in [1.807, 2.05) is 48.5 Å². The summed E-state index contributed by atoms with van der Waals surface area (Å²) >= 11 is 0. The lowest BCUT2D eigenvalue weighted by Crippen LogP contribution is -2.33. The van der Waals surface area contributed by atoms with E-state index >= 15 is 0 Å². The molecule has 0 radical (unpaired) electrons. The Morgan fingerprint density at radius 3 is 2.26 bits per heavy atom. The van der Waals surface area contributed by atoms with E-state index in [4.69, 9.17) is 4.74 Å². The minimum atomic E-state index is 0.203. The van der Waals surface area contributed by atoms with Crippen molar-refractivity contribution in [2.45, 2.75) is 19.3 Å². The van der Waals surface area contributed by atoms with Gasteiger partial charge >= 0.3 is 0 Å². The molecule has 1 saturated heterocycles. The van der Waals surface area contributed by atoms with E-state index < -0.39 is 0 Å². The maximum Gasteiger partial charge on any atom is 0.119 e. The number of nitrogens with one attached hydrogen (secondary N) is 1. The van der Waals surface area contributed by atoms with Crippen molar-refractivity contribution in [1.29, 1.82) is 0 Å². The third-order valence-corrected chi connectivity index (χ3v) is 6.40. The monoisotopic (exact) mass is 454 g/mol. The molecule has 174 valence electrons. The molecule has 0 unspecified atom stereocenters. The summed E-state index contributed by atoms with van der Waals surface area (Å²) in [6.07, 6.45) is 3.93. The number of likely N-dealkylation sites (tertiary alicyclic amines) is 1. The number of fused-ring (bicyclic) bond motifs is 1. The van der Waals surface area contributed by atoms with E-state index in [-0.39, 0.29) is 11.5 Å². The van der Waals surface area contributed by atoms with Crippen LogP contribution in [0.1, 0.15) is 19.3 Å². The molecule has 0 amide bonds. The Balaban J connectivity index is 1.29. The number of hydrogen-bond acceptors (Lipinski definition) is 5. The third-order valence-electron chi connectivity index (χ3n) is 6.40. The van der Waals surface area contributed by atoms with Gasteiger partial charge < -0.3 is 20.3 Å². The van der Waals surface area contributed by atoms with Gasteiger partial charge in [0.1, 0.15) is 23.9 Å². The summed E-state index contributed by atoms with van der Waals surface area (Å²) in [5.74, 6) is 1.32. The fraction of sp³-hybridized carbons (Fsp3) is 0.241. The van der Waals surface area contributed by atoms with Crippen LogP contribution in [0.15, 0.2) is 78.9 Å². The van der Waals surface area contributed by atoms with Gasteiger partial charge in [-0.15, -0.1) is 0 Å². The highest BCUT2D eigenvalue weighted by Gasteiger charge is 2.11. The molecule has 1 aliphatic rings. The van der Waals surface area contributed by atoms with Crippen molar-refractivity contribution in [3.05, 3.63) is 78.9 Å². The number of rotatable bonds is 7. The molecule has 0 aliphatic carbocycles. The van der Waals surface area contributed by atoms with Gasteiger partial charge in [-0.1, -0.05) is 24.6 Å². The van der Waals surface area contributed by atoms with Crippen molar-refractivity contribution >= 4 is 22.1 Å². The van der Waals surface area contributed by atoms with Crippen molar-refractivity contribution < 1.29 is 14.9 Å². The molecule has 4 aromatic rings. The molecule has 1 aliphatic heterocycles. The molecule has 1 heterocycles. The Hall–Kier alpha value is -3.70. The zero-order chi connectivity index (χ0) is 23.3. The number of aromatic hydroxyl groups is 2. The standard InChI is InChI=1S/C29H30N2O3/c32-25-9-6-21-18-23(5-4-22(21)19-25)28-13-10-26(33)20-29(28)30-24-7-11-27(12-8-24)34-17-16-31-14-2-1-3-15-31/h4-13,18-20,30,32-33H,1-3,14-17H2. The van der Waals surface area contributed by atoms with Gasteiger partial charge in [0.25, 0.3) is 0 Å². The van der Waals surface area contributed by atoms with Crippen LogP contribution in [0.2, 0.25) is 0 Å². The van der Waals surface area contributed by atoms with Gasteiger partial charge in [-0.25, -0.2) is 0 Å². The first kappa shape index (κ1) is 22.1. The molecule has 0 aromatic heterocycles. The smallest absolute Gasteiger partial charge is 0.119 e. The molecule has 0 bridgehead atoms. The summed E-state index contributed by atoms with van der Waals surface area (Å²) in [5.41, 5.74) is 3.74. The molecule has 3 N–H and O–H groups in total. The molecule has 5 rings (SSSR count). The Morgan fingerprint density at radius 1 is 0.735 bits per heavy atom. The number of ether oxygens (including phenoxy) is 1. The van der Waals surface area contributed by atoms with Crippen LogP contribution >= 0.6 is 0 Å². The first-order chi connectivity index (χ1) is 16.6. The minimum absolute atomic E-state index is 0.203. The average Bonchev–Trinajstić information content (AvgIpc) is 2.86. The van der Waals surface area contributed by atoms with E-state index in [9.17, 15) is 10.2 Å². The van der Waals surface area contributed by atoms with Gasteiger partial charge in [0.2, 0.25) is 0 Å². The van der Waals surface area contributed by atoms with Crippen molar-refractivity contribution in [3.63, 3.8) is 0 Å². The summed E-state index contributed by atoms with van der Waals surface area (Å²) in [5, 5.41) is 25.3. The highest BCUT2D eigenvalue weighted by molar-refractivity contribution is 5.91. The Labute approximate surface area is 200 Å². The number of phenolic OH excluding ortho intramolecular Hbond substituents is 2. The van der Waals surface area contributed by atoms with Gasteiger partial charge in [0, 0.05) is 23.9 Å². The van der Waals surface area contributed by atoms with Crippen LogP contribution < -0.4 is 10.1 Å². The van der Waals surface area contributed by atoms with Gasteiger partial charge in [-0.05, 0) is 96.9 Å². The van der Waals surface area contributed by atoms with Crippen LogP contribution in [-0.4, -0.2) is 41.4 Å². The van der Waals surface area contributed by atoms with Crippen LogP contribution in [-0.2, 0) is 0 Å². The predicted molar refractivity (Wildman–Crippen MR) is 138 cm³/mol. The number of anilines is 2. The number of hydrogen-bond donors (Lipinski definition) is 3. The lowest BCUT2D eigenvalue weighted by atomic mass is 9.99. The average molecular weight is 455 g/mol. The zero-order valence-electron chi connectivity index (χ0n) is 19.2. The van der Waals surface area contributed by atoms with E-state index in [2.05, 4.69) is 16.3 Å².